The van der Waals surface area contributed by atoms with E-state index in [4.69, 9.17) is 0 Å². The minimum absolute atomic E-state index is 0.0104. The van der Waals surface area contributed by atoms with Crippen molar-refractivity contribution in [3.63, 3.8) is 0 Å². The Morgan fingerprint density at radius 2 is 1.95 bits per heavy atom. The summed E-state index contributed by atoms with van der Waals surface area (Å²) < 4.78 is 0. The first-order chi connectivity index (χ1) is 9.75. The molecule has 2 N–H and O–H groups in total. The fraction of sp³-hybridized carbons (Fsp3) is 0.500. The molecule has 108 valence electrons. The molecule has 2 rings (SSSR count). The van der Waals surface area contributed by atoms with Crippen molar-refractivity contribution in [1.29, 1.82) is 0 Å². The molecule has 2 amide bonds. The van der Waals surface area contributed by atoms with Crippen LogP contribution in [0.25, 0.3) is 0 Å². The Morgan fingerprint density at radius 3 is 2.65 bits per heavy atom. The molecule has 0 atom stereocenters. The molecule has 0 saturated carbocycles. The van der Waals surface area contributed by atoms with Crippen LogP contribution in [0.3, 0.4) is 0 Å². The molecule has 0 unspecified atom stereocenters. The van der Waals surface area contributed by atoms with Crippen LogP contribution < -0.4 is 10.6 Å². The summed E-state index contributed by atoms with van der Waals surface area (Å²) in [5.41, 5.74) is 1.07. The normalized spacial score (nSPS) is 14.9. The fourth-order valence-electron chi connectivity index (χ4n) is 2.10. The Hall–Kier alpha value is -1.95. The zero-order valence-electron chi connectivity index (χ0n) is 11.5. The summed E-state index contributed by atoms with van der Waals surface area (Å²) in [7, 11) is 0. The van der Waals surface area contributed by atoms with Crippen LogP contribution in [-0.2, 0) is 16.0 Å². The van der Waals surface area contributed by atoms with Gasteiger partial charge < -0.3 is 15.5 Å². The van der Waals surface area contributed by atoms with Gasteiger partial charge in [0.15, 0.2) is 0 Å². The highest BCUT2D eigenvalue weighted by Gasteiger charge is 2.16. The van der Waals surface area contributed by atoms with Gasteiger partial charge in [-0.25, -0.2) is 0 Å². The van der Waals surface area contributed by atoms with Gasteiger partial charge in [-0.15, -0.1) is 0 Å². The SMILES string of the molecule is O=C(CCc1ccncc1)NCC(=O)N1CCNCC1. The van der Waals surface area contributed by atoms with E-state index in [0.717, 1.165) is 18.7 Å². The number of carbonyl (C=O) groups is 2. The van der Waals surface area contributed by atoms with Crippen molar-refractivity contribution >= 4 is 11.8 Å². The van der Waals surface area contributed by atoms with Gasteiger partial charge in [0.1, 0.15) is 0 Å². The van der Waals surface area contributed by atoms with Gasteiger partial charge in [0.25, 0.3) is 0 Å². The number of nitrogens with one attached hydrogen (secondary N) is 2. The van der Waals surface area contributed by atoms with Crippen molar-refractivity contribution < 1.29 is 9.59 Å². The second kappa shape index (κ2) is 7.59. The van der Waals surface area contributed by atoms with Crippen molar-refractivity contribution in [2.24, 2.45) is 0 Å². The Bertz CT molecular complexity index is 444. The summed E-state index contributed by atoms with van der Waals surface area (Å²) in [5.74, 6) is -0.103. The number of pyridine rings is 1. The van der Waals surface area contributed by atoms with E-state index in [9.17, 15) is 9.59 Å². The topological polar surface area (TPSA) is 74.3 Å². The first-order valence-electron chi connectivity index (χ1n) is 6.90. The molecular formula is C14H20N4O2. The number of rotatable bonds is 5. The molecule has 1 aliphatic rings. The van der Waals surface area contributed by atoms with Gasteiger partial charge in [-0.2, -0.15) is 0 Å². The number of hydrogen-bond donors (Lipinski definition) is 2. The molecule has 1 aliphatic heterocycles. The first-order valence-corrected chi connectivity index (χ1v) is 6.90. The average molecular weight is 276 g/mol. The fourth-order valence-corrected chi connectivity index (χ4v) is 2.10. The van der Waals surface area contributed by atoms with Gasteiger partial charge >= 0.3 is 0 Å². The van der Waals surface area contributed by atoms with Gasteiger partial charge in [0, 0.05) is 45.0 Å². The minimum atomic E-state index is -0.0923. The van der Waals surface area contributed by atoms with E-state index in [1.54, 1.807) is 17.3 Å². The molecule has 0 aliphatic carbocycles. The smallest absolute Gasteiger partial charge is 0.242 e. The van der Waals surface area contributed by atoms with Crippen molar-refractivity contribution in [3.8, 4) is 0 Å². The van der Waals surface area contributed by atoms with Crippen LogP contribution in [0.2, 0.25) is 0 Å². The Labute approximate surface area is 118 Å². The quantitative estimate of drug-likeness (QED) is 0.765. The molecule has 1 aromatic heterocycles. The van der Waals surface area contributed by atoms with E-state index in [1.807, 2.05) is 12.1 Å². The minimum Gasteiger partial charge on any atom is -0.347 e. The molecule has 0 bridgehead atoms. The number of aromatic nitrogens is 1. The van der Waals surface area contributed by atoms with E-state index in [0.29, 0.717) is 25.9 Å². The third-order valence-electron chi connectivity index (χ3n) is 3.30. The van der Waals surface area contributed by atoms with Gasteiger partial charge in [-0.05, 0) is 24.1 Å². The number of nitrogens with zero attached hydrogens (tertiary/aromatic N) is 2. The third-order valence-corrected chi connectivity index (χ3v) is 3.30. The number of hydrogen-bond acceptors (Lipinski definition) is 4. The summed E-state index contributed by atoms with van der Waals surface area (Å²) in [4.78, 5) is 29.3. The van der Waals surface area contributed by atoms with Gasteiger partial charge in [-0.3, -0.25) is 14.6 Å². The monoisotopic (exact) mass is 276 g/mol. The largest absolute Gasteiger partial charge is 0.347 e. The Balaban J connectivity index is 1.65. The average Bonchev–Trinajstić information content (AvgIpc) is 2.52. The van der Waals surface area contributed by atoms with Gasteiger partial charge in [-0.1, -0.05) is 0 Å². The molecule has 2 heterocycles. The molecule has 1 saturated heterocycles. The lowest BCUT2D eigenvalue weighted by molar-refractivity contribution is -0.133. The summed E-state index contributed by atoms with van der Waals surface area (Å²) in [5, 5.41) is 5.87. The summed E-state index contributed by atoms with van der Waals surface area (Å²) in [6, 6.07) is 3.78. The highest BCUT2D eigenvalue weighted by atomic mass is 16.2. The van der Waals surface area contributed by atoms with Crippen molar-refractivity contribution in [2.75, 3.05) is 32.7 Å². The van der Waals surface area contributed by atoms with Gasteiger partial charge in [0.2, 0.25) is 11.8 Å². The van der Waals surface area contributed by atoms with E-state index in [-0.39, 0.29) is 18.4 Å². The lowest BCUT2D eigenvalue weighted by atomic mass is 10.1. The Morgan fingerprint density at radius 1 is 1.25 bits per heavy atom. The van der Waals surface area contributed by atoms with Crippen LogP contribution in [-0.4, -0.2) is 54.4 Å². The molecule has 6 heteroatoms. The van der Waals surface area contributed by atoms with Crippen molar-refractivity contribution in [1.82, 2.24) is 20.5 Å². The standard InChI is InChI=1S/C14H20N4O2/c19-13(2-1-12-3-5-15-6-4-12)17-11-14(20)18-9-7-16-8-10-18/h3-6,16H,1-2,7-11H2,(H,17,19). The Kier molecular flexibility index (Phi) is 5.49. The van der Waals surface area contributed by atoms with E-state index in [1.165, 1.54) is 0 Å². The molecule has 0 spiro atoms. The maximum atomic E-state index is 11.9. The van der Waals surface area contributed by atoms with E-state index in [2.05, 4.69) is 15.6 Å². The number of amides is 2. The second-order valence-corrected chi connectivity index (χ2v) is 4.76. The number of carbonyl (C=O) groups excluding carboxylic acids is 2. The predicted molar refractivity (Wildman–Crippen MR) is 75.0 cm³/mol. The van der Waals surface area contributed by atoms with E-state index < -0.39 is 0 Å². The lowest BCUT2D eigenvalue weighted by Crippen LogP contribution is -2.49. The molecule has 6 nitrogen and oxygen atoms in total. The highest BCUT2D eigenvalue weighted by Crippen LogP contribution is 2.00. The maximum Gasteiger partial charge on any atom is 0.242 e. The summed E-state index contributed by atoms with van der Waals surface area (Å²) >= 11 is 0. The van der Waals surface area contributed by atoms with Gasteiger partial charge in [0.05, 0.1) is 6.54 Å². The first kappa shape index (κ1) is 14.5. The second-order valence-electron chi connectivity index (χ2n) is 4.76. The maximum absolute atomic E-state index is 11.9. The van der Waals surface area contributed by atoms with Crippen LogP contribution in [0.5, 0.6) is 0 Å². The molecular weight excluding hydrogens is 256 g/mol. The third kappa shape index (κ3) is 4.62. The molecule has 0 radical (unpaired) electrons. The van der Waals surface area contributed by atoms with Crippen LogP contribution in [0.1, 0.15) is 12.0 Å². The van der Waals surface area contributed by atoms with Crippen LogP contribution in [0.4, 0.5) is 0 Å². The lowest BCUT2D eigenvalue weighted by Gasteiger charge is -2.27. The number of piperazine rings is 1. The molecule has 0 aromatic carbocycles. The van der Waals surface area contributed by atoms with Crippen LogP contribution in [0, 0.1) is 0 Å². The molecule has 20 heavy (non-hydrogen) atoms. The zero-order valence-corrected chi connectivity index (χ0v) is 11.5. The van der Waals surface area contributed by atoms with Crippen LogP contribution in [0.15, 0.2) is 24.5 Å². The molecule has 1 aromatic rings. The highest BCUT2D eigenvalue weighted by molar-refractivity contribution is 5.84. The van der Waals surface area contributed by atoms with Crippen LogP contribution >= 0.6 is 0 Å². The number of aryl methyl sites for hydroxylation is 1. The summed E-state index contributed by atoms with van der Waals surface area (Å²) in [6.07, 6.45) is 4.47. The van der Waals surface area contributed by atoms with Crippen molar-refractivity contribution in [2.45, 2.75) is 12.8 Å². The summed E-state index contributed by atoms with van der Waals surface area (Å²) in [6.45, 7) is 3.16. The zero-order chi connectivity index (χ0) is 14.2. The van der Waals surface area contributed by atoms with E-state index >= 15 is 0 Å². The molecule has 1 fully saturated rings. The predicted octanol–water partition coefficient (Wildman–Crippen LogP) is -0.438. The van der Waals surface area contributed by atoms with Crippen molar-refractivity contribution in [3.05, 3.63) is 30.1 Å².